The zero-order valence-electron chi connectivity index (χ0n) is 13.3. The zero-order valence-corrected chi connectivity index (χ0v) is 13.3. The van der Waals surface area contributed by atoms with Crippen molar-refractivity contribution in [3.8, 4) is 6.07 Å². The molecule has 0 aromatic carbocycles. The van der Waals surface area contributed by atoms with Crippen LogP contribution in [0.1, 0.15) is 64.7 Å². The van der Waals surface area contributed by atoms with Crippen molar-refractivity contribution in [3.63, 3.8) is 0 Å². The third kappa shape index (κ3) is 5.42. The second kappa shape index (κ2) is 7.43. The van der Waals surface area contributed by atoms with Gasteiger partial charge in [0, 0.05) is 12.6 Å². The van der Waals surface area contributed by atoms with Gasteiger partial charge in [0.25, 0.3) is 0 Å². The summed E-state index contributed by atoms with van der Waals surface area (Å²) in [5.74, 6) is 0.945. The summed E-state index contributed by atoms with van der Waals surface area (Å²) in [4.78, 5) is 2.49. The largest absolute Gasteiger partial charge is 0.306 e. The molecule has 114 valence electrons. The van der Waals surface area contributed by atoms with Crippen LogP contribution in [0.3, 0.4) is 0 Å². The Balaban J connectivity index is 1.56. The molecular weight excluding hydrogens is 246 g/mol. The summed E-state index contributed by atoms with van der Waals surface area (Å²) in [5.41, 5.74) is -0.300. The monoisotopic (exact) mass is 277 g/mol. The third-order valence-electron chi connectivity index (χ3n) is 4.86. The molecule has 0 saturated heterocycles. The molecule has 2 fully saturated rings. The van der Waals surface area contributed by atoms with Crippen molar-refractivity contribution in [2.24, 2.45) is 5.92 Å². The highest BCUT2D eigenvalue weighted by molar-refractivity contribution is 5.06. The van der Waals surface area contributed by atoms with E-state index in [2.05, 4.69) is 30.3 Å². The highest BCUT2D eigenvalue weighted by Gasteiger charge is 2.31. The molecule has 2 aliphatic carbocycles. The lowest BCUT2D eigenvalue weighted by Crippen LogP contribution is -2.42. The van der Waals surface area contributed by atoms with Crippen LogP contribution in [0.2, 0.25) is 0 Å². The van der Waals surface area contributed by atoms with Crippen molar-refractivity contribution in [3.05, 3.63) is 0 Å². The first kappa shape index (κ1) is 15.8. The van der Waals surface area contributed by atoms with Gasteiger partial charge in [-0.05, 0) is 71.4 Å². The quantitative estimate of drug-likeness (QED) is 0.657. The molecule has 0 spiro atoms. The molecule has 3 nitrogen and oxygen atoms in total. The maximum Gasteiger partial charge on any atom is 0.104 e. The highest BCUT2D eigenvalue weighted by atomic mass is 15.1. The Kier molecular flexibility index (Phi) is 5.86. The van der Waals surface area contributed by atoms with Gasteiger partial charge < -0.3 is 4.90 Å². The molecule has 0 aromatic heterocycles. The number of nitrogens with zero attached hydrogens (tertiary/aromatic N) is 2. The van der Waals surface area contributed by atoms with Crippen molar-refractivity contribution in [2.75, 3.05) is 20.1 Å². The summed E-state index contributed by atoms with van der Waals surface area (Å²) in [6, 6.07) is 3.09. The first-order valence-corrected chi connectivity index (χ1v) is 8.49. The molecule has 20 heavy (non-hydrogen) atoms. The van der Waals surface area contributed by atoms with E-state index in [0.29, 0.717) is 6.04 Å². The molecule has 0 bridgehead atoms. The summed E-state index contributed by atoms with van der Waals surface area (Å²) in [5, 5.41) is 12.8. The smallest absolute Gasteiger partial charge is 0.104 e. The Bertz CT molecular complexity index is 326. The van der Waals surface area contributed by atoms with E-state index in [1.165, 1.54) is 58.0 Å². The summed E-state index contributed by atoms with van der Waals surface area (Å²) >= 11 is 0. The number of unbranched alkanes of at least 4 members (excludes halogenated alkanes) is 1. The van der Waals surface area contributed by atoms with Crippen LogP contribution in [0, 0.1) is 17.2 Å². The van der Waals surface area contributed by atoms with Crippen LogP contribution in [0.25, 0.3) is 0 Å². The molecular formula is C17H31N3. The summed E-state index contributed by atoms with van der Waals surface area (Å²) in [7, 11) is 2.25. The average Bonchev–Trinajstić information content (AvgIpc) is 3.08. The molecule has 0 amide bonds. The van der Waals surface area contributed by atoms with Gasteiger partial charge >= 0.3 is 0 Å². The van der Waals surface area contributed by atoms with Gasteiger partial charge in [-0.25, -0.2) is 0 Å². The molecule has 1 atom stereocenters. The van der Waals surface area contributed by atoms with Gasteiger partial charge in [-0.15, -0.1) is 0 Å². The van der Waals surface area contributed by atoms with Crippen LogP contribution in [0.5, 0.6) is 0 Å². The van der Waals surface area contributed by atoms with Crippen LogP contribution < -0.4 is 5.32 Å². The molecule has 0 aliphatic heterocycles. The van der Waals surface area contributed by atoms with E-state index in [0.717, 1.165) is 18.8 Å². The van der Waals surface area contributed by atoms with Gasteiger partial charge in [0.05, 0.1) is 6.07 Å². The van der Waals surface area contributed by atoms with Crippen molar-refractivity contribution < 1.29 is 0 Å². The number of nitriles is 1. The van der Waals surface area contributed by atoms with Crippen LogP contribution in [0.15, 0.2) is 0 Å². The second-order valence-corrected chi connectivity index (χ2v) is 7.23. The summed E-state index contributed by atoms with van der Waals surface area (Å²) in [6.07, 6.45) is 11.6. The lowest BCUT2D eigenvalue weighted by molar-refractivity contribution is 0.268. The summed E-state index contributed by atoms with van der Waals surface area (Å²) < 4.78 is 0. The number of rotatable bonds is 9. The fourth-order valence-electron chi connectivity index (χ4n) is 3.42. The van der Waals surface area contributed by atoms with Crippen molar-refractivity contribution >= 4 is 0 Å². The van der Waals surface area contributed by atoms with Gasteiger partial charge in [-0.3, -0.25) is 5.32 Å². The third-order valence-corrected chi connectivity index (χ3v) is 4.86. The van der Waals surface area contributed by atoms with Gasteiger partial charge in [-0.2, -0.15) is 5.26 Å². The SMILES string of the molecule is CN(CCCCC(C)(C#N)NC1CC1)CC1CCCC1. The van der Waals surface area contributed by atoms with E-state index in [1.807, 2.05) is 0 Å². The van der Waals surface area contributed by atoms with E-state index >= 15 is 0 Å². The van der Waals surface area contributed by atoms with Crippen LogP contribution >= 0.6 is 0 Å². The van der Waals surface area contributed by atoms with E-state index in [9.17, 15) is 5.26 Å². The molecule has 2 saturated carbocycles. The zero-order chi connectivity index (χ0) is 14.4. The molecule has 0 heterocycles. The van der Waals surface area contributed by atoms with Crippen LogP contribution in [-0.4, -0.2) is 36.6 Å². The minimum Gasteiger partial charge on any atom is -0.306 e. The predicted molar refractivity (Wildman–Crippen MR) is 83.5 cm³/mol. The van der Waals surface area contributed by atoms with Crippen LogP contribution in [-0.2, 0) is 0 Å². The second-order valence-electron chi connectivity index (χ2n) is 7.23. The van der Waals surface area contributed by atoms with Gasteiger partial charge in [-0.1, -0.05) is 12.8 Å². The maximum absolute atomic E-state index is 9.34. The molecule has 1 unspecified atom stereocenters. The molecule has 2 rings (SSSR count). The van der Waals surface area contributed by atoms with Crippen LogP contribution in [0.4, 0.5) is 0 Å². The predicted octanol–water partition coefficient (Wildman–Crippen LogP) is 3.31. The average molecular weight is 277 g/mol. The minimum absolute atomic E-state index is 0.300. The first-order valence-electron chi connectivity index (χ1n) is 8.49. The Morgan fingerprint density at radius 3 is 2.50 bits per heavy atom. The molecule has 1 N–H and O–H groups in total. The van der Waals surface area contributed by atoms with E-state index in [-0.39, 0.29) is 5.54 Å². The molecule has 2 aliphatic rings. The van der Waals surface area contributed by atoms with E-state index in [1.54, 1.807) is 0 Å². The van der Waals surface area contributed by atoms with Gasteiger partial charge in [0.1, 0.15) is 5.54 Å². The lowest BCUT2D eigenvalue weighted by Gasteiger charge is -2.24. The lowest BCUT2D eigenvalue weighted by atomic mass is 9.96. The van der Waals surface area contributed by atoms with Gasteiger partial charge in [0.2, 0.25) is 0 Å². The van der Waals surface area contributed by atoms with E-state index in [4.69, 9.17) is 0 Å². The Morgan fingerprint density at radius 1 is 1.20 bits per heavy atom. The number of hydrogen-bond donors (Lipinski definition) is 1. The first-order chi connectivity index (χ1) is 9.61. The Morgan fingerprint density at radius 2 is 1.90 bits per heavy atom. The fourth-order valence-corrected chi connectivity index (χ4v) is 3.42. The van der Waals surface area contributed by atoms with Crippen molar-refractivity contribution in [1.82, 2.24) is 10.2 Å². The van der Waals surface area contributed by atoms with E-state index < -0.39 is 0 Å². The highest BCUT2D eigenvalue weighted by Crippen LogP contribution is 2.26. The maximum atomic E-state index is 9.34. The summed E-state index contributed by atoms with van der Waals surface area (Å²) in [6.45, 7) is 4.52. The normalized spacial score (nSPS) is 22.9. The topological polar surface area (TPSA) is 39.1 Å². The minimum atomic E-state index is -0.300. The number of hydrogen-bond acceptors (Lipinski definition) is 3. The number of nitrogens with one attached hydrogen (secondary N) is 1. The Labute approximate surface area is 124 Å². The van der Waals surface area contributed by atoms with Crippen molar-refractivity contribution in [2.45, 2.75) is 76.3 Å². The molecule has 0 aromatic rings. The van der Waals surface area contributed by atoms with Crippen molar-refractivity contribution in [1.29, 1.82) is 5.26 Å². The standard InChI is InChI=1S/C17H31N3/c1-17(14-18,19-16-9-10-16)11-5-6-12-20(2)13-15-7-3-4-8-15/h15-16,19H,3-13H2,1-2H3. The fraction of sp³-hybridized carbons (Fsp3) is 0.941. The Hall–Kier alpha value is -0.590. The van der Waals surface area contributed by atoms with Gasteiger partial charge in [0.15, 0.2) is 0 Å². The molecule has 3 heteroatoms. The molecule has 0 radical (unpaired) electrons.